The minimum atomic E-state index is -0.970. The van der Waals surface area contributed by atoms with E-state index >= 15 is 0 Å². The zero-order chi connectivity index (χ0) is 13.1. The molecule has 5 heteroatoms. The van der Waals surface area contributed by atoms with E-state index in [-0.39, 0.29) is 42.1 Å². The van der Waals surface area contributed by atoms with Gasteiger partial charge in [0.2, 0.25) is 0 Å². The van der Waals surface area contributed by atoms with Crippen molar-refractivity contribution in [2.75, 3.05) is 0 Å². The van der Waals surface area contributed by atoms with Crippen molar-refractivity contribution in [3.05, 3.63) is 59.7 Å². The Morgan fingerprint density at radius 2 is 0.947 bits per heavy atom. The Kier molecular flexibility index (Phi) is 5.30. The summed E-state index contributed by atoms with van der Waals surface area (Å²) in [5, 5.41) is 17.6. The largest absolute Gasteiger partial charge is 1.00 e. The molecule has 2 rings (SSSR count). The van der Waals surface area contributed by atoms with E-state index in [1.54, 1.807) is 24.3 Å². The fraction of sp³-hybridized carbons (Fsp3) is 0. The summed E-state index contributed by atoms with van der Waals surface area (Å²) in [7, 11) is 0. The van der Waals surface area contributed by atoms with Crippen molar-refractivity contribution in [1.82, 2.24) is 0 Å². The Labute approximate surface area is 133 Å². The Morgan fingerprint density at radius 3 is 1.16 bits per heavy atom. The van der Waals surface area contributed by atoms with Crippen LogP contribution in [0.25, 0.3) is 11.1 Å². The molecular weight excluding hydrogens is 255 g/mol. The summed E-state index contributed by atoms with van der Waals surface area (Å²) in [6.07, 6.45) is 0. The van der Waals surface area contributed by atoms with E-state index in [4.69, 9.17) is 10.2 Å². The van der Waals surface area contributed by atoms with Crippen molar-refractivity contribution in [3.63, 3.8) is 0 Å². The Hall–Kier alpha value is -1.62. The van der Waals surface area contributed by atoms with Gasteiger partial charge in [-0.05, 0) is 35.4 Å². The smallest absolute Gasteiger partial charge is 1.00 e. The van der Waals surface area contributed by atoms with Gasteiger partial charge in [-0.2, -0.15) is 0 Å². The van der Waals surface area contributed by atoms with E-state index in [0.717, 1.165) is 11.1 Å². The molecule has 0 atom stereocenters. The van der Waals surface area contributed by atoms with Gasteiger partial charge < -0.3 is 11.6 Å². The van der Waals surface area contributed by atoms with Gasteiger partial charge in [-0.3, -0.25) is 0 Å². The van der Waals surface area contributed by atoms with Crippen LogP contribution in [0.15, 0.2) is 48.5 Å². The molecule has 0 aliphatic heterocycles. The van der Waals surface area contributed by atoms with Crippen LogP contribution in [0.3, 0.4) is 0 Å². The molecule has 0 fully saturated rings. The van der Waals surface area contributed by atoms with Crippen molar-refractivity contribution >= 4 is 11.9 Å². The maximum Gasteiger partial charge on any atom is 1.00 e. The molecule has 0 unspecified atom stereocenters. The Bertz CT molecular complexity index is 538. The summed E-state index contributed by atoms with van der Waals surface area (Å²) in [6, 6.07) is 12.8. The van der Waals surface area contributed by atoms with Crippen LogP contribution in [0.1, 0.15) is 22.1 Å². The monoisotopic (exact) mass is 266 g/mol. The second-order valence-corrected chi connectivity index (χ2v) is 3.77. The van der Waals surface area contributed by atoms with Crippen molar-refractivity contribution in [2.24, 2.45) is 0 Å². The van der Waals surface area contributed by atoms with E-state index in [2.05, 4.69) is 0 Å². The SMILES string of the molecule is O=C(O)c1ccc(-c2ccc(C(=O)O)cc2)cc1.[H-].[Na+]. The summed E-state index contributed by atoms with van der Waals surface area (Å²) < 4.78 is 0. The second kappa shape index (κ2) is 6.52. The molecule has 0 aromatic heterocycles. The van der Waals surface area contributed by atoms with Crippen LogP contribution in [0.4, 0.5) is 0 Å². The van der Waals surface area contributed by atoms with Crippen molar-refractivity contribution < 1.29 is 50.8 Å². The number of rotatable bonds is 3. The summed E-state index contributed by atoms with van der Waals surface area (Å²) in [4.78, 5) is 21.4. The zero-order valence-electron chi connectivity index (χ0n) is 11.3. The molecule has 0 saturated heterocycles. The van der Waals surface area contributed by atoms with Gasteiger partial charge in [0.1, 0.15) is 0 Å². The summed E-state index contributed by atoms with van der Waals surface area (Å²) in [5.74, 6) is -1.94. The standard InChI is InChI=1S/C14H10O4.Na.H/c15-13(16)11-5-1-9(2-6-11)10-3-7-12(8-4-10)14(17)18;;/h1-8H,(H,15,16)(H,17,18);;/q;+1;-1. The summed E-state index contributed by atoms with van der Waals surface area (Å²) in [6.45, 7) is 0. The Morgan fingerprint density at radius 1 is 0.684 bits per heavy atom. The average molecular weight is 266 g/mol. The van der Waals surface area contributed by atoms with Crippen LogP contribution < -0.4 is 29.6 Å². The van der Waals surface area contributed by atoms with Crippen molar-refractivity contribution in [1.29, 1.82) is 0 Å². The predicted octanol–water partition coefficient (Wildman–Crippen LogP) is -0.133. The van der Waals surface area contributed by atoms with Crippen LogP contribution in [-0.4, -0.2) is 22.2 Å². The predicted molar refractivity (Wildman–Crippen MR) is 66.9 cm³/mol. The third kappa shape index (κ3) is 3.67. The number of hydrogen-bond acceptors (Lipinski definition) is 2. The number of hydrogen-bond donors (Lipinski definition) is 2. The fourth-order valence-corrected chi connectivity index (χ4v) is 1.61. The maximum atomic E-state index is 10.7. The summed E-state index contributed by atoms with van der Waals surface area (Å²) >= 11 is 0. The quantitative estimate of drug-likeness (QED) is 0.759. The first-order chi connectivity index (χ1) is 8.58. The maximum absolute atomic E-state index is 10.7. The van der Waals surface area contributed by atoms with Gasteiger partial charge in [-0.1, -0.05) is 24.3 Å². The first kappa shape index (κ1) is 15.4. The van der Waals surface area contributed by atoms with E-state index in [1.807, 2.05) is 0 Å². The zero-order valence-corrected chi connectivity index (χ0v) is 12.3. The third-order valence-corrected chi connectivity index (χ3v) is 2.60. The minimum Gasteiger partial charge on any atom is -1.00 e. The fourth-order valence-electron chi connectivity index (χ4n) is 1.61. The molecule has 2 N–H and O–H groups in total. The first-order valence-corrected chi connectivity index (χ1v) is 5.25. The van der Waals surface area contributed by atoms with E-state index in [0.29, 0.717) is 0 Å². The van der Waals surface area contributed by atoms with E-state index < -0.39 is 11.9 Å². The normalized spacial score (nSPS) is 9.47. The third-order valence-electron chi connectivity index (χ3n) is 2.60. The molecule has 0 bridgehead atoms. The number of benzene rings is 2. The van der Waals surface area contributed by atoms with Crippen LogP contribution in [0.5, 0.6) is 0 Å². The molecule has 0 amide bonds. The van der Waals surface area contributed by atoms with Gasteiger partial charge in [-0.15, -0.1) is 0 Å². The Balaban J connectivity index is 0.00000180. The van der Waals surface area contributed by atoms with Crippen LogP contribution in [0.2, 0.25) is 0 Å². The molecule has 4 nitrogen and oxygen atoms in total. The minimum absolute atomic E-state index is 0. The first-order valence-electron chi connectivity index (χ1n) is 5.25. The molecule has 0 heterocycles. The van der Waals surface area contributed by atoms with Gasteiger partial charge in [0.25, 0.3) is 0 Å². The molecule has 0 aliphatic rings. The number of aromatic carboxylic acids is 2. The van der Waals surface area contributed by atoms with Gasteiger partial charge in [-0.25, -0.2) is 9.59 Å². The molecule has 2 aromatic rings. The molecule has 19 heavy (non-hydrogen) atoms. The van der Waals surface area contributed by atoms with E-state index in [9.17, 15) is 9.59 Å². The van der Waals surface area contributed by atoms with E-state index in [1.165, 1.54) is 24.3 Å². The second-order valence-electron chi connectivity index (χ2n) is 3.77. The van der Waals surface area contributed by atoms with Gasteiger partial charge in [0.15, 0.2) is 0 Å². The van der Waals surface area contributed by atoms with Crippen molar-refractivity contribution in [2.45, 2.75) is 0 Å². The van der Waals surface area contributed by atoms with Gasteiger partial charge >= 0.3 is 41.5 Å². The van der Waals surface area contributed by atoms with Gasteiger partial charge in [0, 0.05) is 0 Å². The molecule has 2 aromatic carbocycles. The molecule has 0 saturated carbocycles. The number of carbonyl (C=O) groups is 2. The number of carboxylic acid groups (broad SMARTS) is 2. The molecule has 0 aliphatic carbocycles. The molecule has 0 spiro atoms. The van der Waals surface area contributed by atoms with Crippen LogP contribution in [-0.2, 0) is 0 Å². The summed E-state index contributed by atoms with van der Waals surface area (Å²) in [5.41, 5.74) is 2.13. The molecule has 92 valence electrons. The average Bonchev–Trinajstić information content (AvgIpc) is 2.39. The topological polar surface area (TPSA) is 74.6 Å². The van der Waals surface area contributed by atoms with Crippen molar-refractivity contribution in [3.8, 4) is 11.1 Å². The molecule has 0 radical (unpaired) electrons. The van der Waals surface area contributed by atoms with Gasteiger partial charge in [0.05, 0.1) is 11.1 Å². The van der Waals surface area contributed by atoms with Crippen LogP contribution >= 0.6 is 0 Å². The number of carboxylic acids is 2. The van der Waals surface area contributed by atoms with Crippen LogP contribution in [0, 0.1) is 0 Å². The molecular formula is C14H11NaO4.